The molecule has 0 atom stereocenters. The summed E-state index contributed by atoms with van der Waals surface area (Å²) in [4.78, 5) is 0. The summed E-state index contributed by atoms with van der Waals surface area (Å²) in [5, 5.41) is 2.68. The lowest BCUT2D eigenvalue weighted by Gasteiger charge is -2.04. The summed E-state index contributed by atoms with van der Waals surface area (Å²) < 4.78 is 26.6. The van der Waals surface area contributed by atoms with Crippen LogP contribution >= 0.6 is 0 Å². The van der Waals surface area contributed by atoms with Crippen molar-refractivity contribution in [3.63, 3.8) is 0 Å². The SMILES string of the molecule is C.Cc1cccc2ccccc12.F.Fc1ccccc1Cc1ccccc1F. The van der Waals surface area contributed by atoms with E-state index in [1.54, 1.807) is 36.4 Å². The first kappa shape index (κ1) is 23.0. The Kier molecular flexibility index (Phi) is 8.97. The van der Waals surface area contributed by atoms with Crippen molar-refractivity contribution in [2.75, 3.05) is 0 Å². The molecule has 146 valence electrons. The lowest BCUT2D eigenvalue weighted by molar-refractivity contribution is 0.599. The van der Waals surface area contributed by atoms with Gasteiger partial charge in [0, 0.05) is 6.42 Å². The number of rotatable bonds is 2. The summed E-state index contributed by atoms with van der Waals surface area (Å²) in [6.07, 6.45) is 0.291. The summed E-state index contributed by atoms with van der Waals surface area (Å²) >= 11 is 0. The van der Waals surface area contributed by atoms with Crippen molar-refractivity contribution in [3.05, 3.63) is 119 Å². The van der Waals surface area contributed by atoms with Crippen molar-refractivity contribution in [1.29, 1.82) is 0 Å². The maximum Gasteiger partial charge on any atom is 0.126 e. The first-order valence-electron chi connectivity index (χ1n) is 8.56. The molecule has 0 aliphatic carbocycles. The highest BCUT2D eigenvalue weighted by atomic mass is 19.1. The van der Waals surface area contributed by atoms with Gasteiger partial charge >= 0.3 is 0 Å². The zero-order valence-corrected chi connectivity index (χ0v) is 15.0. The first-order valence-corrected chi connectivity index (χ1v) is 8.56. The molecular weight excluding hydrogens is 357 g/mol. The number of aryl methyl sites for hydroxylation is 1. The van der Waals surface area contributed by atoms with Gasteiger partial charge in [-0.15, -0.1) is 0 Å². The molecule has 0 spiro atoms. The van der Waals surface area contributed by atoms with Crippen LogP contribution in [0.1, 0.15) is 24.1 Å². The van der Waals surface area contributed by atoms with Gasteiger partial charge in [-0.05, 0) is 46.5 Å². The molecule has 0 heterocycles. The standard InChI is InChI=1S/C13H10F2.C11H10.CH4.FH/c14-12-7-3-1-5-10(12)9-11-6-2-4-8-13(11)15;1-9-5-4-7-10-6-2-3-8-11(9)10;;/h1-8H,9H2;2-8H,1H3;1H4;1H. The second kappa shape index (κ2) is 10.9. The van der Waals surface area contributed by atoms with Crippen LogP contribution in [-0.2, 0) is 6.42 Å². The normalized spacial score (nSPS) is 9.54. The van der Waals surface area contributed by atoms with Crippen molar-refractivity contribution in [1.82, 2.24) is 0 Å². The molecule has 4 rings (SSSR count). The highest BCUT2D eigenvalue weighted by Crippen LogP contribution is 2.17. The van der Waals surface area contributed by atoms with Crippen LogP contribution in [0.15, 0.2) is 91.0 Å². The minimum atomic E-state index is -0.291. The van der Waals surface area contributed by atoms with E-state index in [-0.39, 0.29) is 23.8 Å². The van der Waals surface area contributed by atoms with Crippen molar-refractivity contribution in [2.24, 2.45) is 0 Å². The zero-order valence-electron chi connectivity index (χ0n) is 15.0. The van der Waals surface area contributed by atoms with E-state index in [2.05, 4.69) is 49.4 Å². The first-order chi connectivity index (χ1) is 12.6. The van der Waals surface area contributed by atoms with Gasteiger partial charge in [-0.3, -0.25) is 4.70 Å². The van der Waals surface area contributed by atoms with Gasteiger partial charge in [0.2, 0.25) is 0 Å². The van der Waals surface area contributed by atoms with Crippen LogP contribution in [0.5, 0.6) is 0 Å². The second-order valence-electron chi connectivity index (χ2n) is 6.16. The van der Waals surface area contributed by atoms with E-state index in [0.717, 1.165) is 0 Å². The molecule has 0 fully saturated rings. The molecule has 0 aliphatic rings. The lowest BCUT2D eigenvalue weighted by atomic mass is 10.0. The predicted octanol–water partition coefficient (Wildman–Crippen LogP) is 7.49. The summed E-state index contributed by atoms with van der Waals surface area (Å²) in [7, 11) is 0. The quantitative estimate of drug-likeness (QED) is 0.337. The lowest BCUT2D eigenvalue weighted by Crippen LogP contribution is -1.94. The summed E-state index contributed by atoms with van der Waals surface area (Å²) in [6.45, 7) is 2.14. The molecule has 4 aromatic carbocycles. The Morgan fingerprint density at radius 1 is 0.607 bits per heavy atom. The smallest absolute Gasteiger partial charge is 0.126 e. The topological polar surface area (TPSA) is 0 Å². The van der Waals surface area contributed by atoms with Gasteiger partial charge in [0.15, 0.2) is 0 Å². The van der Waals surface area contributed by atoms with E-state index in [4.69, 9.17) is 0 Å². The summed E-state index contributed by atoms with van der Waals surface area (Å²) in [5.74, 6) is -0.582. The Labute approximate surface area is 164 Å². The second-order valence-corrected chi connectivity index (χ2v) is 6.16. The maximum atomic E-state index is 13.3. The molecule has 0 saturated carbocycles. The van der Waals surface area contributed by atoms with E-state index in [0.29, 0.717) is 17.5 Å². The molecule has 0 unspecified atom stereocenters. The Bertz CT molecular complexity index is 960. The molecular formula is C25H25F3. The van der Waals surface area contributed by atoms with Gasteiger partial charge in [0.25, 0.3) is 0 Å². The Morgan fingerprint density at radius 2 is 1.07 bits per heavy atom. The Balaban J connectivity index is 0.000000271. The zero-order chi connectivity index (χ0) is 18.4. The van der Waals surface area contributed by atoms with Crippen LogP contribution in [0.2, 0.25) is 0 Å². The van der Waals surface area contributed by atoms with Gasteiger partial charge in [0.05, 0.1) is 0 Å². The van der Waals surface area contributed by atoms with Crippen molar-refractivity contribution < 1.29 is 13.5 Å². The molecule has 0 radical (unpaired) electrons. The monoisotopic (exact) mass is 382 g/mol. The predicted molar refractivity (Wildman–Crippen MR) is 114 cm³/mol. The van der Waals surface area contributed by atoms with E-state index in [9.17, 15) is 8.78 Å². The molecule has 0 bridgehead atoms. The summed E-state index contributed by atoms with van der Waals surface area (Å²) in [5.41, 5.74) is 2.38. The number of hydrogen-bond donors (Lipinski definition) is 0. The molecule has 0 aromatic heterocycles. The fourth-order valence-electron chi connectivity index (χ4n) is 2.88. The number of fused-ring (bicyclic) bond motifs is 1. The fraction of sp³-hybridized carbons (Fsp3) is 0.120. The van der Waals surface area contributed by atoms with Crippen molar-refractivity contribution >= 4 is 10.8 Å². The molecule has 28 heavy (non-hydrogen) atoms. The minimum Gasteiger partial charge on any atom is -0.269 e. The molecule has 0 nitrogen and oxygen atoms in total. The van der Waals surface area contributed by atoms with Crippen molar-refractivity contribution in [3.8, 4) is 0 Å². The number of halogens is 3. The van der Waals surface area contributed by atoms with E-state index in [1.165, 1.54) is 28.5 Å². The van der Waals surface area contributed by atoms with Crippen LogP contribution in [0.4, 0.5) is 13.5 Å². The van der Waals surface area contributed by atoms with Gasteiger partial charge in [-0.1, -0.05) is 86.3 Å². The largest absolute Gasteiger partial charge is 0.269 e. The third-order valence-electron chi connectivity index (χ3n) is 4.30. The van der Waals surface area contributed by atoms with Crippen LogP contribution in [0.25, 0.3) is 10.8 Å². The highest BCUT2D eigenvalue weighted by Gasteiger charge is 2.05. The number of hydrogen-bond acceptors (Lipinski definition) is 0. The van der Waals surface area contributed by atoms with Gasteiger partial charge < -0.3 is 0 Å². The van der Waals surface area contributed by atoms with E-state index in [1.807, 2.05) is 0 Å². The molecule has 0 saturated heterocycles. The molecule has 0 amide bonds. The number of benzene rings is 4. The Hall–Kier alpha value is -3.07. The van der Waals surface area contributed by atoms with Crippen LogP contribution in [0.3, 0.4) is 0 Å². The third-order valence-corrected chi connectivity index (χ3v) is 4.30. The van der Waals surface area contributed by atoms with Gasteiger partial charge in [-0.25, -0.2) is 8.78 Å². The third kappa shape index (κ3) is 5.71. The minimum absolute atomic E-state index is 0. The average molecular weight is 382 g/mol. The van der Waals surface area contributed by atoms with Gasteiger partial charge in [-0.2, -0.15) is 0 Å². The van der Waals surface area contributed by atoms with Crippen LogP contribution in [-0.4, -0.2) is 0 Å². The van der Waals surface area contributed by atoms with E-state index >= 15 is 0 Å². The molecule has 3 heteroatoms. The fourth-order valence-corrected chi connectivity index (χ4v) is 2.88. The van der Waals surface area contributed by atoms with Crippen LogP contribution < -0.4 is 0 Å². The maximum absolute atomic E-state index is 13.3. The highest BCUT2D eigenvalue weighted by molar-refractivity contribution is 5.85. The molecule has 0 aliphatic heterocycles. The van der Waals surface area contributed by atoms with Crippen LogP contribution in [0, 0.1) is 18.6 Å². The van der Waals surface area contributed by atoms with E-state index < -0.39 is 0 Å². The van der Waals surface area contributed by atoms with Gasteiger partial charge in [0.1, 0.15) is 11.6 Å². The molecule has 4 aromatic rings. The average Bonchev–Trinajstić information content (AvgIpc) is 2.66. The molecule has 0 N–H and O–H groups in total. The Morgan fingerprint density at radius 3 is 1.61 bits per heavy atom. The summed E-state index contributed by atoms with van der Waals surface area (Å²) in [6, 6.07) is 27.7. The van der Waals surface area contributed by atoms with Crippen molar-refractivity contribution in [2.45, 2.75) is 20.8 Å².